The summed E-state index contributed by atoms with van der Waals surface area (Å²) < 4.78 is 5.53. The third-order valence-electron chi connectivity index (χ3n) is 1.94. The van der Waals surface area contributed by atoms with Gasteiger partial charge in [-0.25, -0.2) is 0 Å². The minimum atomic E-state index is 0. The molecular weight excluding hydrogens is 102 g/mol. The van der Waals surface area contributed by atoms with Crippen molar-refractivity contribution in [2.45, 2.75) is 25.0 Å². The molecule has 0 aliphatic carbocycles. The van der Waals surface area contributed by atoms with Gasteiger partial charge in [0.1, 0.15) is 0 Å². The lowest BCUT2D eigenvalue weighted by Crippen LogP contribution is -2.38. The number of fused-ring (bicyclic) bond motifs is 2. The molecule has 2 heteroatoms. The maximum atomic E-state index is 5.53. The average Bonchev–Trinajstić information content (AvgIpc) is 2.12. The summed E-state index contributed by atoms with van der Waals surface area (Å²) in [6, 6.07) is 0. The Bertz CT molecular complexity index is 85.1. The zero-order valence-electron chi connectivity index (χ0n) is 4.89. The van der Waals surface area contributed by atoms with E-state index in [1.165, 1.54) is 12.8 Å². The van der Waals surface area contributed by atoms with Gasteiger partial charge in [-0.05, 0) is 12.8 Å². The fourth-order valence-electron chi connectivity index (χ4n) is 1.49. The van der Waals surface area contributed by atoms with Crippen molar-refractivity contribution in [2.24, 2.45) is 0 Å². The Morgan fingerprint density at radius 1 is 1.25 bits per heavy atom. The summed E-state index contributed by atoms with van der Waals surface area (Å²) in [5.74, 6) is 0. The van der Waals surface area contributed by atoms with Crippen LogP contribution in [0.2, 0.25) is 0 Å². The number of morpholine rings is 1. The van der Waals surface area contributed by atoms with E-state index in [2.05, 4.69) is 5.32 Å². The summed E-state index contributed by atoms with van der Waals surface area (Å²) in [7, 11) is 0. The molecule has 2 aliphatic heterocycles. The first-order valence-electron chi connectivity index (χ1n) is 3.31. The Morgan fingerprint density at radius 3 is 2.38 bits per heavy atom. The van der Waals surface area contributed by atoms with Crippen molar-refractivity contribution in [3.63, 3.8) is 0 Å². The predicted molar refractivity (Wildman–Crippen MR) is 32.9 cm³/mol. The maximum Gasteiger partial charge on any atom is 0.0704 e. The van der Waals surface area contributed by atoms with Crippen LogP contribution in [-0.4, -0.2) is 25.3 Å². The maximum absolute atomic E-state index is 5.53. The summed E-state index contributed by atoms with van der Waals surface area (Å²) in [5.41, 5.74) is 0. The Balaban J connectivity index is 0.000000405. The van der Waals surface area contributed by atoms with E-state index in [9.17, 15) is 0 Å². The number of hydrogen-bond donors (Lipinski definition) is 1. The number of ether oxygens (including phenoxy) is 1. The molecule has 2 saturated heterocycles. The van der Waals surface area contributed by atoms with Crippen LogP contribution in [0, 0.1) is 0 Å². The molecule has 2 heterocycles. The van der Waals surface area contributed by atoms with Crippen LogP contribution < -0.4 is 5.32 Å². The highest BCUT2D eigenvalue weighted by Gasteiger charge is 2.28. The summed E-state index contributed by atoms with van der Waals surface area (Å²) in [6.45, 7) is 2.16. The Morgan fingerprint density at radius 2 is 1.88 bits per heavy atom. The van der Waals surface area contributed by atoms with Crippen molar-refractivity contribution in [1.82, 2.24) is 5.32 Å². The number of rotatable bonds is 0. The third-order valence-corrected chi connectivity index (χ3v) is 1.94. The normalized spacial score (nSPS) is 45.0. The average molecular weight is 115 g/mol. The largest absolute Gasteiger partial charge is 0.372 e. The first-order chi connectivity index (χ1) is 3.95. The van der Waals surface area contributed by atoms with Crippen molar-refractivity contribution in [3.8, 4) is 0 Å². The molecule has 2 nitrogen and oxygen atoms in total. The molecular formula is C6H13NO. The van der Waals surface area contributed by atoms with E-state index in [-0.39, 0.29) is 1.43 Å². The van der Waals surface area contributed by atoms with Gasteiger partial charge in [0.05, 0.1) is 12.2 Å². The lowest BCUT2D eigenvalue weighted by Gasteiger charge is -2.20. The SMILES string of the molecule is C1C[C@H]2CNC[C@@H]1O2.[HH]. The zero-order valence-corrected chi connectivity index (χ0v) is 4.89. The standard InChI is InChI=1S/C6H11NO.H2/c1-2-6-4-7-3-5(1)8-6;/h5-7H,1-4H2;1H/t5-,6+;. The molecule has 1 N–H and O–H groups in total. The van der Waals surface area contributed by atoms with Crippen molar-refractivity contribution >= 4 is 0 Å². The molecule has 2 aliphatic rings. The number of nitrogens with one attached hydrogen (secondary N) is 1. The molecule has 2 rings (SSSR count). The predicted octanol–water partition coefficient (Wildman–Crippen LogP) is 0.383. The highest BCUT2D eigenvalue weighted by atomic mass is 16.5. The van der Waals surface area contributed by atoms with Crippen LogP contribution in [0.1, 0.15) is 14.3 Å². The molecule has 0 aromatic carbocycles. The third kappa shape index (κ3) is 0.644. The van der Waals surface area contributed by atoms with Crippen molar-refractivity contribution in [2.75, 3.05) is 13.1 Å². The van der Waals surface area contributed by atoms with E-state index in [1.54, 1.807) is 0 Å². The van der Waals surface area contributed by atoms with Crippen LogP contribution >= 0.6 is 0 Å². The second-order valence-electron chi connectivity index (χ2n) is 2.62. The van der Waals surface area contributed by atoms with E-state index < -0.39 is 0 Å². The molecule has 2 fully saturated rings. The van der Waals surface area contributed by atoms with Crippen molar-refractivity contribution in [3.05, 3.63) is 0 Å². The van der Waals surface area contributed by atoms with Gasteiger partial charge in [-0.15, -0.1) is 0 Å². The molecule has 0 amide bonds. The lowest BCUT2D eigenvalue weighted by atomic mass is 10.2. The summed E-state index contributed by atoms with van der Waals surface area (Å²) in [4.78, 5) is 0. The van der Waals surface area contributed by atoms with E-state index >= 15 is 0 Å². The highest BCUT2D eigenvalue weighted by Crippen LogP contribution is 2.21. The first-order valence-corrected chi connectivity index (χ1v) is 3.31. The van der Waals surface area contributed by atoms with Crippen LogP contribution in [0.3, 0.4) is 0 Å². The summed E-state index contributed by atoms with van der Waals surface area (Å²) in [5, 5.41) is 3.32. The first kappa shape index (κ1) is 4.77. The second-order valence-corrected chi connectivity index (χ2v) is 2.62. The molecule has 0 aromatic rings. The van der Waals surface area contributed by atoms with Crippen LogP contribution in [0.5, 0.6) is 0 Å². The van der Waals surface area contributed by atoms with E-state index in [1.807, 2.05) is 0 Å². The van der Waals surface area contributed by atoms with Crippen molar-refractivity contribution in [1.29, 1.82) is 0 Å². The van der Waals surface area contributed by atoms with E-state index in [4.69, 9.17) is 4.74 Å². The smallest absolute Gasteiger partial charge is 0.0704 e. The Hall–Kier alpha value is -0.0800. The van der Waals surface area contributed by atoms with Gasteiger partial charge in [0.25, 0.3) is 0 Å². The molecule has 8 heavy (non-hydrogen) atoms. The summed E-state index contributed by atoms with van der Waals surface area (Å²) in [6.07, 6.45) is 3.65. The van der Waals surface area contributed by atoms with Gasteiger partial charge in [-0.2, -0.15) is 0 Å². The molecule has 0 unspecified atom stereocenters. The summed E-state index contributed by atoms with van der Waals surface area (Å²) >= 11 is 0. The van der Waals surface area contributed by atoms with Crippen LogP contribution in [0.4, 0.5) is 0 Å². The minimum Gasteiger partial charge on any atom is -0.372 e. The molecule has 48 valence electrons. The zero-order chi connectivity index (χ0) is 5.40. The fraction of sp³-hybridized carbons (Fsp3) is 1.00. The number of hydrogen-bond acceptors (Lipinski definition) is 2. The van der Waals surface area contributed by atoms with Gasteiger partial charge in [0, 0.05) is 14.5 Å². The molecule has 2 bridgehead atoms. The van der Waals surface area contributed by atoms with Crippen molar-refractivity contribution < 1.29 is 6.16 Å². The van der Waals surface area contributed by atoms with Crippen LogP contribution in [0.15, 0.2) is 0 Å². The topological polar surface area (TPSA) is 21.3 Å². The van der Waals surface area contributed by atoms with Gasteiger partial charge in [0.2, 0.25) is 0 Å². The van der Waals surface area contributed by atoms with Crippen LogP contribution in [0.25, 0.3) is 0 Å². The lowest BCUT2D eigenvalue weighted by molar-refractivity contribution is 0.0184. The fourth-order valence-corrected chi connectivity index (χ4v) is 1.49. The highest BCUT2D eigenvalue weighted by molar-refractivity contribution is 4.81. The van der Waals surface area contributed by atoms with Gasteiger partial charge in [-0.1, -0.05) is 0 Å². The minimum absolute atomic E-state index is 0. The molecule has 0 saturated carbocycles. The molecule has 2 atom stereocenters. The van der Waals surface area contributed by atoms with Crippen LogP contribution in [-0.2, 0) is 4.74 Å². The second kappa shape index (κ2) is 1.71. The van der Waals surface area contributed by atoms with E-state index in [0.29, 0.717) is 12.2 Å². The van der Waals surface area contributed by atoms with E-state index in [0.717, 1.165) is 13.1 Å². The van der Waals surface area contributed by atoms with Gasteiger partial charge >= 0.3 is 0 Å². The Kier molecular flexibility index (Phi) is 1.02. The molecule has 0 spiro atoms. The monoisotopic (exact) mass is 115 g/mol. The Labute approximate surface area is 50.7 Å². The molecule has 0 aromatic heterocycles. The van der Waals surface area contributed by atoms with Gasteiger partial charge < -0.3 is 10.1 Å². The van der Waals surface area contributed by atoms with Gasteiger partial charge in [-0.3, -0.25) is 0 Å². The quantitative estimate of drug-likeness (QED) is 0.493. The van der Waals surface area contributed by atoms with Gasteiger partial charge in [0.15, 0.2) is 0 Å². The molecule has 0 radical (unpaired) electrons.